The van der Waals surface area contributed by atoms with Crippen molar-refractivity contribution in [1.82, 2.24) is 4.90 Å². The Morgan fingerprint density at radius 2 is 1.87 bits per heavy atom. The summed E-state index contributed by atoms with van der Waals surface area (Å²) in [6.45, 7) is 3.50. The van der Waals surface area contributed by atoms with Gasteiger partial charge in [-0.3, -0.25) is 29.4 Å². The van der Waals surface area contributed by atoms with Crippen LogP contribution in [-0.4, -0.2) is 39.4 Å². The number of imide groups is 1. The third-order valence-electron chi connectivity index (χ3n) is 4.68. The molecule has 1 aliphatic heterocycles. The van der Waals surface area contributed by atoms with Crippen molar-refractivity contribution in [3.05, 3.63) is 74.7 Å². The first kappa shape index (κ1) is 22.2. The van der Waals surface area contributed by atoms with Gasteiger partial charge in [-0.05, 0) is 49.4 Å². The van der Waals surface area contributed by atoms with Gasteiger partial charge in [0.05, 0.1) is 22.5 Å². The number of nitro benzene ring substituents is 1. The molecule has 160 valence electrons. The fraction of sp³-hybridized carbons (Fsp3) is 0.227. The van der Waals surface area contributed by atoms with Gasteiger partial charge >= 0.3 is 0 Å². The van der Waals surface area contributed by atoms with E-state index >= 15 is 0 Å². The maximum absolute atomic E-state index is 12.8. The molecule has 0 aliphatic carbocycles. The van der Waals surface area contributed by atoms with Crippen molar-refractivity contribution in [2.24, 2.45) is 0 Å². The third kappa shape index (κ3) is 5.18. The molecule has 1 saturated heterocycles. The number of para-hydroxylation sites is 1. The van der Waals surface area contributed by atoms with Crippen LogP contribution in [0, 0.1) is 10.1 Å². The fourth-order valence-corrected chi connectivity index (χ4v) is 3.62. The van der Waals surface area contributed by atoms with E-state index in [2.05, 4.69) is 0 Å². The topological polar surface area (TPSA) is 107 Å². The molecule has 2 amide bonds. The molecule has 1 aliphatic rings. The number of hydrogen-bond donors (Lipinski definition) is 0. The van der Waals surface area contributed by atoms with Gasteiger partial charge in [-0.2, -0.15) is 0 Å². The van der Waals surface area contributed by atoms with Gasteiger partial charge < -0.3 is 4.74 Å². The summed E-state index contributed by atoms with van der Waals surface area (Å²) in [4.78, 5) is 48.8. The van der Waals surface area contributed by atoms with Crippen LogP contribution in [-0.2, 0) is 4.79 Å². The largest absolute Gasteiger partial charge is 0.490 e. The number of ether oxygens (including phenoxy) is 1. The SMILES string of the molecule is CC[C@H](C)Oc1ccccc1/C=C1/SC(=O)N(CC(=O)c2ccc([N+](=O)[O-])cc2)C1=O. The van der Waals surface area contributed by atoms with Gasteiger partial charge in [0, 0.05) is 23.3 Å². The minimum absolute atomic E-state index is 0.0102. The second kappa shape index (κ2) is 9.57. The molecule has 31 heavy (non-hydrogen) atoms. The summed E-state index contributed by atoms with van der Waals surface area (Å²) in [5, 5.41) is 10.2. The monoisotopic (exact) mass is 440 g/mol. The maximum atomic E-state index is 12.8. The third-order valence-corrected chi connectivity index (χ3v) is 5.59. The Morgan fingerprint density at radius 3 is 2.52 bits per heavy atom. The highest BCUT2D eigenvalue weighted by Gasteiger charge is 2.36. The van der Waals surface area contributed by atoms with Crippen LogP contribution in [0.25, 0.3) is 6.08 Å². The van der Waals surface area contributed by atoms with Crippen molar-refractivity contribution >= 4 is 40.5 Å². The van der Waals surface area contributed by atoms with Gasteiger partial charge in [0.15, 0.2) is 5.78 Å². The summed E-state index contributed by atoms with van der Waals surface area (Å²) in [5.41, 5.74) is 0.694. The van der Waals surface area contributed by atoms with E-state index in [0.717, 1.165) is 23.1 Å². The van der Waals surface area contributed by atoms with Gasteiger partial charge in [0.25, 0.3) is 16.8 Å². The molecule has 0 spiro atoms. The number of ketones is 1. The number of non-ortho nitro benzene ring substituents is 1. The summed E-state index contributed by atoms with van der Waals surface area (Å²) in [6.07, 6.45) is 2.39. The Hall–Kier alpha value is -3.46. The van der Waals surface area contributed by atoms with Crippen LogP contribution in [0.4, 0.5) is 10.5 Å². The maximum Gasteiger partial charge on any atom is 0.293 e. The van der Waals surface area contributed by atoms with Crippen molar-refractivity contribution in [1.29, 1.82) is 0 Å². The van der Waals surface area contributed by atoms with E-state index in [0.29, 0.717) is 11.3 Å². The quantitative estimate of drug-likeness (QED) is 0.254. The first-order chi connectivity index (χ1) is 14.8. The standard InChI is InChI=1S/C22H20N2O6S/c1-3-14(2)30-19-7-5-4-6-16(19)12-20-21(26)23(22(27)31-20)13-18(25)15-8-10-17(11-9-15)24(28)29/h4-12,14H,3,13H2,1-2H3/b20-12+/t14-/m0/s1. The van der Waals surface area contributed by atoms with Crippen LogP contribution in [0.1, 0.15) is 36.2 Å². The molecule has 9 heteroatoms. The number of Topliss-reactive ketones (excluding diaryl/α,β-unsaturated/α-hetero) is 1. The molecule has 0 N–H and O–H groups in total. The molecule has 0 saturated carbocycles. The number of nitrogens with zero attached hydrogens (tertiary/aromatic N) is 2. The van der Waals surface area contributed by atoms with Crippen LogP contribution in [0.15, 0.2) is 53.4 Å². The highest BCUT2D eigenvalue weighted by molar-refractivity contribution is 8.18. The highest BCUT2D eigenvalue weighted by atomic mass is 32.2. The Morgan fingerprint density at radius 1 is 1.19 bits per heavy atom. The molecule has 1 fully saturated rings. The summed E-state index contributed by atoms with van der Waals surface area (Å²) < 4.78 is 5.88. The smallest absolute Gasteiger partial charge is 0.293 e. The second-order valence-corrected chi connectivity index (χ2v) is 7.86. The molecule has 0 radical (unpaired) electrons. The van der Waals surface area contributed by atoms with Gasteiger partial charge in [-0.25, -0.2) is 0 Å². The van der Waals surface area contributed by atoms with E-state index in [9.17, 15) is 24.5 Å². The van der Waals surface area contributed by atoms with E-state index in [1.807, 2.05) is 19.9 Å². The Kier molecular flexibility index (Phi) is 6.86. The van der Waals surface area contributed by atoms with E-state index in [-0.39, 0.29) is 22.3 Å². The minimum atomic E-state index is -0.571. The van der Waals surface area contributed by atoms with Crippen molar-refractivity contribution < 1.29 is 24.0 Å². The van der Waals surface area contributed by atoms with Gasteiger partial charge in [-0.15, -0.1) is 0 Å². The normalized spacial score (nSPS) is 15.9. The van der Waals surface area contributed by atoms with Crippen LogP contribution >= 0.6 is 11.8 Å². The Labute approximate surface area is 183 Å². The highest BCUT2D eigenvalue weighted by Crippen LogP contribution is 2.34. The molecule has 0 aromatic heterocycles. The van der Waals surface area contributed by atoms with E-state index in [1.54, 1.807) is 24.3 Å². The minimum Gasteiger partial charge on any atom is -0.490 e. The van der Waals surface area contributed by atoms with Gasteiger partial charge in [0.1, 0.15) is 5.75 Å². The second-order valence-electron chi connectivity index (χ2n) is 6.87. The summed E-state index contributed by atoms with van der Waals surface area (Å²) >= 11 is 0.755. The molecule has 0 bridgehead atoms. The van der Waals surface area contributed by atoms with Gasteiger partial charge in [-0.1, -0.05) is 25.1 Å². The number of carbonyl (C=O) groups is 3. The molecule has 2 aromatic carbocycles. The van der Waals surface area contributed by atoms with Crippen LogP contribution in [0.5, 0.6) is 5.75 Å². The number of thioether (sulfide) groups is 1. The molecule has 1 atom stereocenters. The summed E-state index contributed by atoms with van der Waals surface area (Å²) in [7, 11) is 0. The van der Waals surface area contributed by atoms with Crippen LogP contribution in [0.2, 0.25) is 0 Å². The molecule has 8 nitrogen and oxygen atoms in total. The van der Waals surface area contributed by atoms with Crippen LogP contribution < -0.4 is 4.74 Å². The van der Waals surface area contributed by atoms with Crippen molar-refractivity contribution in [3.63, 3.8) is 0 Å². The predicted octanol–water partition coefficient (Wildman–Crippen LogP) is 4.69. The Bertz CT molecular complexity index is 1060. The van der Waals surface area contributed by atoms with Crippen molar-refractivity contribution in [3.8, 4) is 5.75 Å². The number of amides is 2. The zero-order valence-corrected chi connectivity index (χ0v) is 17.8. The van der Waals surface area contributed by atoms with Gasteiger partial charge in [0.2, 0.25) is 0 Å². The fourth-order valence-electron chi connectivity index (χ4n) is 2.79. The predicted molar refractivity (Wildman–Crippen MR) is 117 cm³/mol. The number of rotatable bonds is 8. The molecule has 3 rings (SSSR count). The summed E-state index contributed by atoms with van der Waals surface area (Å²) in [5.74, 6) is -0.451. The molecular formula is C22H20N2O6S. The number of benzene rings is 2. The van der Waals surface area contributed by atoms with E-state index < -0.39 is 28.4 Å². The molecule has 0 unspecified atom stereocenters. The molecular weight excluding hydrogens is 420 g/mol. The Balaban J connectivity index is 1.77. The lowest BCUT2D eigenvalue weighted by molar-refractivity contribution is -0.384. The van der Waals surface area contributed by atoms with Crippen molar-refractivity contribution in [2.75, 3.05) is 6.54 Å². The average molecular weight is 440 g/mol. The number of carbonyl (C=O) groups excluding carboxylic acids is 3. The summed E-state index contributed by atoms with van der Waals surface area (Å²) in [6, 6.07) is 12.2. The lowest BCUT2D eigenvalue weighted by atomic mass is 10.1. The number of hydrogen-bond acceptors (Lipinski definition) is 7. The lowest BCUT2D eigenvalue weighted by Crippen LogP contribution is -2.33. The first-order valence-corrected chi connectivity index (χ1v) is 10.4. The van der Waals surface area contributed by atoms with Crippen molar-refractivity contribution in [2.45, 2.75) is 26.4 Å². The zero-order valence-electron chi connectivity index (χ0n) is 16.9. The zero-order chi connectivity index (χ0) is 22.5. The first-order valence-electron chi connectivity index (χ1n) is 9.58. The van der Waals surface area contributed by atoms with Crippen LogP contribution in [0.3, 0.4) is 0 Å². The van der Waals surface area contributed by atoms with E-state index in [4.69, 9.17) is 4.74 Å². The number of nitro groups is 1. The molecule has 2 aromatic rings. The lowest BCUT2D eigenvalue weighted by Gasteiger charge is -2.15. The molecule has 1 heterocycles. The van der Waals surface area contributed by atoms with E-state index in [1.165, 1.54) is 24.3 Å². The average Bonchev–Trinajstić information content (AvgIpc) is 3.02.